The van der Waals surface area contributed by atoms with Gasteiger partial charge >= 0.3 is 146 Å². The van der Waals surface area contributed by atoms with Gasteiger partial charge in [-0.05, 0) is 0 Å². The van der Waals surface area contributed by atoms with Crippen LogP contribution >= 0.6 is 0 Å². The molecule has 0 aromatic heterocycles. The molecule has 23 heavy (non-hydrogen) atoms. The summed E-state index contributed by atoms with van der Waals surface area (Å²) in [7, 11) is 1.92. The van der Waals surface area contributed by atoms with Gasteiger partial charge in [0.15, 0.2) is 0 Å². The van der Waals surface area contributed by atoms with Crippen LogP contribution in [0.15, 0.2) is 36.4 Å². The molecule has 0 heterocycles. The molecule has 1 nitrogen and oxygen atoms in total. The van der Waals surface area contributed by atoms with E-state index in [0.717, 1.165) is 25.7 Å². The van der Waals surface area contributed by atoms with Crippen molar-refractivity contribution in [1.29, 1.82) is 0 Å². The Balaban J connectivity index is 2.71. The van der Waals surface area contributed by atoms with Gasteiger partial charge < -0.3 is 0 Å². The van der Waals surface area contributed by atoms with Gasteiger partial charge in [0.2, 0.25) is 0 Å². The average Bonchev–Trinajstić information content (AvgIpc) is 2.62. The zero-order valence-electron chi connectivity index (χ0n) is 15.2. The van der Waals surface area contributed by atoms with E-state index in [9.17, 15) is 0 Å². The second-order valence-electron chi connectivity index (χ2n) is 5.85. The van der Waals surface area contributed by atoms with Crippen LogP contribution in [0, 0.1) is 0 Å². The molecule has 0 saturated carbocycles. The van der Waals surface area contributed by atoms with Crippen LogP contribution in [0.3, 0.4) is 0 Å². The summed E-state index contributed by atoms with van der Waals surface area (Å²) in [4.78, 5) is 0. The van der Waals surface area contributed by atoms with Gasteiger partial charge in [-0.3, -0.25) is 0 Å². The number of aryl methyl sites for hydroxylation is 4. The Labute approximate surface area is 146 Å². The van der Waals surface area contributed by atoms with E-state index >= 15 is 0 Å². The Morgan fingerprint density at radius 2 is 0.957 bits per heavy atom. The zero-order chi connectivity index (χ0) is 16.8. The molecule has 0 fully saturated rings. The van der Waals surface area contributed by atoms with Crippen LogP contribution in [0.2, 0.25) is 0 Å². The van der Waals surface area contributed by atoms with Crippen molar-refractivity contribution < 1.29 is 3.76 Å². The van der Waals surface area contributed by atoms with Crippen molar-refractivity contribution >= 4 is 23.5 Å². The van der Waals surface area contributed by atoms with Crippen molar-refractivity contribution in [2.75, 3.05) is 7.11 Å². The summed E-state index contributed by atoms with van der Waals surface area (Å²) in [5.41, 5.74) is 5.92. The Bertz CT molecular complexity index is 548. The first-order chi connectivity index (χ1) is 11.2. The molecule has 2 heteroatoms. The van der Waals surface area contributed by atoms with Crippen LogP contribution in [0.1, 0.15) is 49.9 Å². The van der Waals surface area contributed by atoms with Crippen LogP contribution in [0.25, 0.3) is 0 Å². The molecule has 0 atom stereocenters. The van der Waals surface area contributed by atoms with Crippen LogP contribution in [0.5, 0.6) is 0 Å². The normalized spacial score (nSPS) is 11.2. The summed E-state index contributed by atoms with van der Waals surface area (Å²) < 4.78 is 9.36. The fourth-order valence-electron chi connectivity index (χ4n) is 3.40. The van der Waals surface area contributed by atoms with Gasteiger partial charge in [0.05, 0.1) is 0 Å². The van der Waals surface area contributed by atoms with Gasteiger partial charge in [-0.25, -0.2) is 0 Å². The molecule has 0 N–H and O–H groups in total. The van der Waals surface area contributed by atoms with E-state index < -0.39 is 14.7 Å². The van der Waals surface area contributed by atoms with Crippen molar-refractivity contribution in [2.45, 2.75) is 53.4 Å². The van der Waals surface area contributed by atoms with Gasteiger partial charge in [0, 0.05) is 0 Å². The molecule has 0 spiro atoms. The van der Waals surface area contributed by atoms with E-state index in [1.54, 1.807) is 8.79 Å². The predicted molar refractivity (Wildman–Crippen MR) is 102 cm³/mol. The fourth-order valence-corrected chi connectivity index (χ4v) is 9.41. The topological polar surface area (TPSA) is 9.23 Å². The SMILES string of the molecule is CCc1cccc(CC)[c]1[Ge]([O]C)[c]1c(CC)cccc1CC. The maximum absolute atomic E-state index is 6.26. The van der Waals surface area contributed by atoms with Crippen LogP contribution in [-0.4, -0.2) is 21.8 Å². The third-order valence-electron chi connectivity index (χ3n) is 4.66. The van der Waals surface area contributed by atoms with Gasteiger partial charge in [-0.15, -0.1) is 0 Å². The van der Waals surface area contributed by atoms with Crippen molar-refractivity contribution in [3.8, 4) is 0 Å². The van der Waals surface area contributed by atoms with Crippen LogP contribution in [0.4, 0.5) is 0 Å². The summed E-state index contributed by atoms with van der Waals surface area (Å²) in [5.74, 6) is 0. The van der Waals surface area contributed by atoms with E-state index in [4.69, 9.17) is 3.76 Å². The second-order valence-corrected chi connectivity index (χ2v) is 10.2. The quantitative estimate of drug-likeness (QED) is 0.676. The van der Waals surface area contributed by atoms with Crippen LogP contribution in [-0.2, 0) is 29.4 Å². The third kappa shape index (κ3) is 3.72. The molecule has 0 amide bonds. The van der Waals surface area contributed by atoms with E-state index in [0.29, 0.717) is 0 Å². The third-order valence-corrected chi connectivity index (χ3v) is 10.1. The van der Waals surface area contributed by atoms with E-state index in [1.807, 2.05) is 7.11 Å². The van der Waals surface area contributed by atoms with Crippen molar-refractivity contribution in [2.24, 2.45) is 0 Å². The molecule has 0 unspecified atom stereocenters. The number of benzene rings is 2. The predicted octanol–water partition coefficient (Wildman–Crippen LogP) is 3.69. The fraction of sp³-hybridized carbons (Fsp3) is 0.429. The number of rotatable bonds is 7. The zero-order valence-corrected chi connectivity index (χ0v) is 17.3. The van der Waals surface area contributed by atoms with Gasteiger partial charge in [0.1, 0.15) is 0 Å². The molecule has 1 radical (unpaired) electrons. The Hall–Kier alpha value is -1.06. The molecule has 0 bridgehead atoms. The second kappa shape index (κ2) is 8.70. The molecule has 0 aliphatic carbocycles. The first kappa shape index (κ1) is 18.3. The Morgan fingerprint density at radius 1 is 0.652 bits per heavy atom. The van der Waals surface area contributed by atoms with Gasteiger partial charge in [-0.1, -0.05) is 0 Å². The van der Waals surface area contributed by atoms with E-state index in [2.05, 4.69) is 64.1 Å². The molecule has 2 aromatic rings. The summed E-state index contributed by atoms with van der Waals surface area (Å²) in [6, 6.07) is 13.6. The summed E-state index contributed by atoms with van der Waals surface area (Å²) in [6.45, 7) is 9.04. The van der Waals surface area contributed by atoms with Crippen molar-refractivity contribution in [3.63, 3.8) is 0 Å². The Morgan fingerprint density at radius 3 is 1.17 bits per heavy atom. The minimum atomic E-state index is -2.00. The summed E-state index contributed by atoms with van der Waals surface area (Å²) in [5, 5.41) is 0. The number of hydrogen-bond acceptors (Lipinski definition) is 1. The molecular formula is C21H29GeO. The van der Waals surface area contributed by atoms with Gasteiger partial charge in [0.25, 0.3) is 0 Å². The first-order valence-electron chi connectivity index (χ1n) is 8.84. The average molecular weight is 370 g/mol. The molecule has 0 aliphatic rings. The summed E-state index contributed by atoms with van der Waals surface area (Å²) >= 11 is -2.00. The molecule has 123 valence electrons. The van der Waals surface area contributed by atoms with Crippen molar-refractivity contribution in [1.82, 2.24) is 0 Å². The monoisotopic (exact) mass is 371 g/mol. The Kier molecular flexibility index (Phi) is 6.92. The summed E-state index contributed by atoms with van der Waals surface area (Å²) in [6.07, 6.45) is 4.33. The molecule has 0 aliphatic heterocycles. The van der Waals surface area contributed by atoms with Gasteiger partial charge in [-0.2, -0.15) is 0 Å². The molecular weight excluding hydrogens is 341 g/mol. The minimum absolute atomic E-state index is 1.08. The molecule has 2 rings (SSSR count). The molecule has 2 aromatic carbocycles. The van der Waals surface area contributed by atoms with E-state index in [-0.39, 0.29) is 0 Å². The van der Waals surface area contributed by atoms with Crippen molar-refractivity contribution in [3.05, 3.63) is 58.7 Å². The van der Waals surface area contributed by atoms with E-state index in [1.165, 1.54) is 22.3 Å². The maximum atomic E-state index is 6.26. The van der Waals surface area contributed by atoms with Crippen LogP contribution < -0.4 is 8.79 Å². The standard InChI is InChI=1S/C21H29GeO/c1-6-16-12-10-13-17(7-2)20(16)22(23-5)21-18(8-3)14-11-15-19(21)9-4/h10-15H,6-9H2,1-5H3. The molecule has 0 saturated heterocycles. The first-order valence-corrected chi connectivity index (χ1v) is 11.8. The number of hydrogen-bond donors (Lipinski definition) is 0.